The Morgan fingerprint density at radius 3 is 2.44 bits per heavy atom. The van der Waals surface area contributed by atoms with Crippen molar-refractivity contribution in [2.24, 2.45) is 0 Å². The highest BCUT2D eigenvalue weighted by Crippen LogP contribution is 2.31. The van der Waals surface area contributed by atoms with Gasteiger partial charge in [0, 0.05) is 5.39 Å². The smallest absolute Gasteiger partial charge is 0.273 e. The highest BCUT2D eigenvalue weighted by Gasteiger charge is 2.36. The lowest BCUT2D eigenvalue weighted by Crippen LogP contribution is -2.37. The molecule has 2 aromatic carbocycles. The van der Waals surface area contributed by atoms with E-state index in [0.29, 0.717) is 0 Å². The Morgan fingerprint density at radius 1 is 1.15 bits per heavy atom. The van der Waals surface area contributed by atoms with Gasteiger partial charge in [0.15, 0.2) is 5.69 Å². The number of hydrogen-bond acceptors (Lipinski definition) is 3. The molecule has 1 heterocycles. The molecule has 0 saturated carbocycles. The van der Waals surface area contributed by atoms with Crippen LogP contribution in [0.4, 0.5) is 17.6 Å². The van der Waals surface area contributed by atoms with Crippen LogP contribution >= 0.6 is 11.6 Å². The fraction of sp³-hybridized carbons (Fsp3) is 0.118. The van der Waals surface area contributed by atoms with Crippen LogP contribution in [0.5, 0.6) is 0 Å². The number of nitrogens with one attached hydrogen (secondary N) is 1. The summed E-state index contributed by atoms with van der Waals surface area (Å²) in [4.78, 5) is 24.7. The van der Waals surface area contributed by atoms with Gasteiger partial charge in [-0.1, -0.05) is 35.9 Å². The monoisotopic (exact) mass is 399 g/mol. The van der Waals surface area contributed by atoms with Crippen LogP contribution in [-0.4, -0.2) is 15.8 Å². The largest absolute Gasteiger partial charge is 0.435 e. The number of rotatable bonds is 3. The van der Waals surface area contributed by atoms with E-state index in [4.69, 9.17) is 11.6 Å². The molecule has 0 aliphatic heterocycles. The fourth-order valence-electron chi connectivity index (χ4n) is 2.47. The fourth-order valence-corrected chi connectivity index (χ4v) is 2.58. The van der Waals surface area contributed by atoms with Gasteiger partial charge in [-0.15, -0.1) is 9.89 Å². The van der Waals surface area contributed by atoms with Crippen LogP contribution in [0.15, 0.2) is 47.3 Å². The van der Waals surface area contributed by atoms with Crippen molar-refractivity contribution in [3.05, 3.63) is 74.9 Å². The number of amides is 1. The van der Waals surface area contributed by atoms with E-state index in [9.17, 15) is 27.2 Å². The first-order valence-corrected chi connectivity index (χ1v) is 7.87. The van der Waals surface area contributed by atoms with Crippen molar-refractivity contribution in [3.63, 3.8) is 0 Å². The van der Waals surface area contributed by atoms with Gasteiger partial charge >= 0.3 is 6.18 Å². The van der Waals surface area contributed by atoms with Crippen molar-refractivity contribution in [1.82, 2.24) is 9.89 Å². The lowest BCUT2D eigenvalue weighted by molar-refractivity contribution is -0.141. The molecule has 1 amide bonds. The van der Waals surface area contributed by atoms with Gasteiger partial charge in [0.2, 0.25) is 5.91 Å². The van der Waals surface area contributed by atoms with Crippen LogP contribution in [0.3, 0.4) is 0 Å². The number of halogens is 5. The van der Waals surface area contributed by atoms with Gasteiger partial charge in [0.1, 0.15) is 5.82 Å². The van der Waals surface area contributed by atoms with E-state index in [1.165, 1.54) is 30.3 Å². The first kappa shape index (κ1) is 18.8. The summed E-state index contributed by atoms with van der Waals surface area (Å²) >= 11 is 5.55. The summed E-state index contributed by atoms with van der Waals surface area (Å²) < 4.78 is 53.2. The number of hydrogen-bond donors (Lipinski definition) is 1. The summed E-state index contributed by atoms with van der Waals surface area (Å²) in [5, 5.41) is 2.47. The molecule has 0 atom stereocenters. The molecule has 27 heavy (non-hydrogen) atoms. The molecule has 140 valence electrons. The van der Waals surface area contributed by atoms with E-state index in [0.717, 1.165) is 12.1 Å². The summed E-state index contributed by atoms with van der Waals surface area (Å²) in [6.45, 7) is 0. The minimum absolute atomic E-state index is 0.138. The normalized spacial score (nSPS) is 11.6. The molecule has 0 spiro atoms. The number of carbonyl (C=O) groups excluding carboxylic acids is 1. The van der Waals surface area contributed by atoms with Crippen LogP contribution in [0.1, 0.15) is 11.3 Å². The van der Waals surface area contributed by atoms with Crippen LogP contribution < -0.4 is 11.0 Å². The minimum Gasteiger partial charge on any atom is -0.273 e. The average Bonchev–Trinajstić information content (AvgIpc) is 2.59. The zero-order chi connectivity index (χ0) is 19.8. The number of aromatic nitrogens is 2. The third-order valence-electron chi connectivity index (χ3n) is 3.65. The van der Waals surface area contributed by atoms with Crippen LogP contribution in [0.2, 0.25) is 5.02 Å². The van der Waals surface area contributed by atoms with E-state index in [-0.39, 0.29) is 26.1 Å². The Morgan fingerprint density at radius 2 is 1.81 bits per heavy atom. The van der Waals surface area contributed by atoms with Crippen molar-refractivity contribution < 1.29 is 22.4 Å². The van der Waals surface area contributed by atoms with E-state index < -0.39 is 35.6 Å². The maximum absolute atomic E-state index is 13.4. The van der Waals surface area contributed by atoms with Crippen molar-refractivity contribution in [2.75, 3.05) is 5.43 Å². The topological polar surface area (TPSA) is 64.0 Å². The summed E-state index contributed by atoms with van der Waals surface area (Å²) in [5.41, 5.74) is -0.0140. The Hall–Kier alpha value is -2.94. The second kappa shape index (κ2) is 6.99. The summed E-state index contributed by atoms with van der Waals surface area (Å²) in [7, 11) is 0. The second-order valence-corrected chi connectivity index (χ2v) is 5.98. The summed E-state index contributed by atoms with van der Waals surface area (Å²) in [5.74, 6) is -1.60. The molecule has 0 saturated heterocycles. The Kier molecular flexibility index (Phi) is 4.88. The van der Waals surface area contributed by atoms with Gasteiger partial charge in [0.25, 0.3) is 5.56 Å². The predicted molar refractivity (Wildman–Crippen MR) is 90.5 cm³/mol. The van der Waals surface area contributed by atoms with E-state index in [1.807, 2.05) is 5.43 Å². The van der Waals surface area contributed by atoms with Gasteiger partial charge in [-0.25, -0.2) is 9.82 Å². The maximum Gasteiger partial charge on any atom is 0.435 e. The highest BCUT2D eigenvalue weighted by molar-refractivity contribution is 6.30. The summed E-state index contributed by atoms with van der Waals surface area (Å²) in [6, 6.07) is 8.69. The zero-order valence-electron chi connectivity index (χ0n) is 13.3. The van der Waals surface area contributed by atoms with Gasteiger partial charge in [-0.05, 0) is 23.8 Å². The van der Waals surface area contributed by atoms with Gasteiger partial charge in [-0.3, -0.25) is 9.59 Å². The summed E-state index contributed by atoms with van der Waals surface area (Å²) in [6.07, 6.45) is -5.23. The molecule has 0 aliphatic carbocycles. The number of benzene rings is 2. The molecule has 1 N–H and O–H groups in total. The third-order valence-corrected chi connectivity index (χ3v) is 3.96. The van der Waals surface area contributed by atoms with Crippen molar-refractivity contribution in [3.8, 4) is 0 Å². The first-order chi connectivity index (χ1) is 12.7. The van der Waals surface area contributed by atoms with E-state index in [1.54, 1.807) is 0 Å². The quantitative estimate of drug-likeness (QED) is 0.685. The molecule has 0 bridgehead atoms. The molecular formula is C17H10ClF4N3O2. The van der Waals surface area contributed by atoms with Gasteiger partial charge in [-0.2, -0.15) is 13.2 Å². The van der Waals surface area contributed by atoms with Crippen molar-refractivity contribution in [2.45, 2.75) is 12.6 Å². The second-order valence-electron chi connectivity index (χ2n) is 5.57. The SMILES string of the molecule is O=C(Cc1ccc(Cl)c(F)c1)Nn1nc(C(F)(F)F)c2ccccc2c1=O. The first-order valence-electron chi connectivity index (χ1n) is 7.50. The molecule has 3 aromatic rings. The van der Waals surface area contributed by atoms with E-state index in [2.05, 4.69) is 5.10 Å². The number of fused-ring (bicyclic) bond motifs is 1. The van der Waals surface area contributed by atoms with Crippen molar-refractivity contribution >= 4 is 28.3 Å². The zero-order valence-corrected chi connectivity index (χ0v) is 14.1. The molecule has 10 heteroatoms. The Labute approximate surface area is 154 Å². The highest BCUT2D eigenvalue weighted by atomic mass is 35.5. The lowest BCUT2D eigenvalue weighted by Gasteiger charge is -2.13. The number of alkyl halides is 3. The molecule has 0 fully saturated rings. The molecule has 0 aliphatic rings. The molecule has 1 aromatic heterocycles. The van der Waals surface area contributed by atoms with Gasteiger partial charge in [0.05, 0.1) is 16.8 Å². The molecule has 0 unspecified atom stereocenters. The third kappa shape index (κ3) is 3.92. The minimum atomic E-state index is -4.83. The number of carbonyl (C=O) groups is 1. The lowest BCUT2D eigenvalue weighted by atomic mass is 10.1. The van der Waals surface area contributed by atoms with Crippen LogP contribution in [-0.2, 0) is 17.4 Å². The Balaban J connectivity index is 1.96. The standard InChI is InChI=1S/C17H10ClF4N3O2/c18-12-6-5-9(7-13(12)19)8-14(26)23-25-16(27)11-4-2-1-3-10(11)15(24-25)17(20,21)22/h1-7H,8H2,(H,23,26). The molecule has 3 rings (SSSR count). The molecular weight excluding hydrogens is 390 g/mol. The maximum atomic E-state index is 13.4. The Bertz CT molecular complexity index is 1100. The van der Waals surface area contributed by atoms with E-state index >= 15 is 0 Å². The number of nitrogens with zero attached hydrogens (tertiary/aromatic N) is 2. The van der Waals surface area contributed by atoms with Crippen LogP contribution in [0.25, 0.3) is 10.8 Å². The molecule has 5 nitrogen and oxygen atoms in total. The predicted octanol–water partition coefficient (Wildman–Crippen LogP) is 3.52. The molecule has 0 radical (unpaired) electrons. The average molecular weight is 400 g/mol. The van der Waals surface area contributed by atoms with Gasteiger partial charge < -0.3 is 0 Å². The van der Waals surface area contributed by atoms with Crippen LogP contribution in [0, 0.1) is 5.82 Å². The van der Waals surface area contributed by atoms with Crippen molar-refractivity contribution in [1.29, 1.82) is 0 Å².